The van der Waals surface area contributed by atoms with Gasteiger partial charge in [-0.25, -0.2) is 5.84 Å². The molecule has 0 aliphatic carbocycles. The molecule has 7 nitrogen and oxygen atoms in total. The Morgan fingerprint density at radius 1 is 1.38 bits per heavy atom. The van der Waals surface area contributed by atoms with E-state index in [4.69, 9.17) is 5.84 Å². The van der Waals surface area contributed by atoms with Crippen LogP contribution in [-0.4, -0.2) is 35.2 Å². The van der Waals surface area contributed by atoms with Crippen LogP contribution in [0, 0.1) is 0 Å². The Morgan fingerprint density at radius 3 is 2.71 bits per heavy atom. The summed E-state index contributed by atoms with van der Waals surface area (Å²) in [6.07, 6.45) is 0.162. The molecule has 0 radical (unpaired) electrons. The maximum absolute atomic E-state index is 11.7. The van der Waals surface area contributed by atoms with E-state index in [1.54, 1.807) is 11.8 Å². The fourth-order valence-corrected chi connectivity index (χ4v) is 2.29. The van der Waals surface area contributed by atoms with Crippen LogP contribution in [0.1, 0.15) is 18.1 Å². The van der Waals surface area contributed by atoms with E-state index in [1.165, 1.54) is 0 Å². The monoisotopic (exact) mass is 290 g/mol. The van der Waals surface area contributed by atoms with Gasteiger partial charge in [0.05, 0.1) is 19.0 Å². The van der Waals surface area contributed by atoms with Crippen molar-refractivity contribution in [3.05, 3.63) is 35.4 Å². The van der Waals surface area contributed by atoms with Crippen LogP contribution in [-0.2, 0) is 27.3 Å². The highest BCUT2D eigenvalue weighted by Crippen LogP contribution is 2.16. The quantitative estimate of drug-likeness (QED) is 0.287. The molecule has 112 valence electrons. The Labute approximate surface area is 122 Å². The highest BCUT2D eigenvalue weighted by Gasteiger charge is 2.30. The Morgan fingerprint density at radius 2 is 2.05 bits per heavy atom. The lowest BCUT2D eigenvalue weighted by Crippen LogP contribution is -2.56. The Balaban J connectivity index is 2.17. The number of benzene rings is 1. The van der Waals surface area contributed by atoms with Crippen molar-refractivity contribution >= 4 is 17.7 Å². The third-order valence-electron chi connectivity index (χ3n) is 3.54. The van der Waals surface area contributed by atoms with Gasteiger partial charge in [0, 0.05) is 6.54 Å². The topological polar surface area (TPSA) is 105 Å². The number of nitrogens with zero attached hydrogens (tertiary/aromatic N) is 1. The lowest BCUT2D eigenvalue weighted by molar-refractivity contribution is -0.139. The highest BCUT2D eigenvalue weighted by atomic mass is 16.2. The van der Waals surface area contributed by atoms with E-state index in [0.29, 0.717) is 6.54 Å². The summed E-state index contributed by atoms with van der Waals surface area (Å²) in [5, 5.41) is 2.30. The van der Waals surface area contributed by atoms with Gasteiger partial charge in [0.2, 0.25) is 17.7 Å². The SMILES string of the molecule is CC1C(=O)NC(=O)CN1Cc1ccccc1CC(=O)NN. The van der Waals surface area contributed by atoms with E-state index in [0.717, 1.165) is 11.1 Å². The van der Waals surface area contributed by atoms with E-state index in [2.05, 4.69) is 10.7 Å². The smallest absolute Gasteiger partial charge is 0.243 e. The van der Waals surface area contributed by atoms with Gasteiger partial charge in [0.25, 0.3) is 0 Å². The van der Waals surface area contributed by atoms with Crippen LogP contribution in [0.2, 0.25) is 0 Å². The first-order valence-corrected chi connectivity index (χ1v) is 6.65. The van der Waals surface area contributed by atoms with Crippen LogP contribution in [0.3, 0.4) is 0 Å². The number of imide groups is 1. The van der Waals surface area contributed by atoms with Crippen LogP contribution >= 0.6 is 0 Å². The first kappa shape index (κ1) is 15.1. The second-order valence-corrected chi connectivity index (χ2v) is 5.01. The lowest BCUT2D eigenvalue weighted by Gasteiger charge is -2.32. The van der Waals surface area contributed by atoms with Crippen molar-refractivity contribution < 1.29 is 14.4 Å². The number of amides is 3. The van der Waals surface area contributed by atoms with Crippen molar-refractivity contribution in [2.24, 2.45) is 5.84 Å². The molecular formula is C14H18N4O3. The zero-order valence-electron chi connectivity index (χ0n) is 11.8. The normalized spacial score (nSPS) is 19.2. The third-order valence-corrected chi connectivity index (χ3v) is 3.54. The minimum absolute atomic E-state index is 0.157. The molecule has 1 aliphatic rings. The summed E-state index contributed by atoms with van der Waals surface area (Å²) in [6.45, 7) is 2.33. The first-order chi connectivity index (χ1) is 10.0. The fraction of sp³-hybridized carbons (Fsp3) is 0.357. The molecule has 2 rings (SSSR count). The van der Waals surface area contributed by atoms with Crippen molar-refractivity contribution in [2.75, 3.05) is 6.54 Å². The molecule has 7 heteroatoms. The summed E-state index contributed by atoms with van der Waals surface area (Å²) in [5.41, 5.74) is 3.82. The minimum atomic E-state index is -0.390. The van der Waals surface area contributed by atoms with E-state index in [1.807, 2.05) is 24.3 Å². The van der Waals surface area contributed by atoms with Gasteiger partial charge in [-0.05, 0) is 18.1 Å². The molecule has 1 heterocycles. The van der Waals surface area contributed by atoms with Gasteiger partial charge in [0.1, 0.15) is 0 Å². The van der Waals surface area contributed by atoms with Gasteiger partial charge in [-0.2, -0.15) is 0 Å². The Bertz CT molecular complexity index is 573. The van der Waals surface area contributed by atoms with Crippen LogP contribution < -0.4 is 16.6 Å². The molecule has 1 aromatic carbocycles. The number of piperazine rings is 1. The standard InChI is InChI=1S/C14H18N4O3/c1-9-14(21)16-13(20)8-18(9)7-11-5-3-2-4-10(11)6-12(19)17-15/h2-5,9H,6-8,15H2,1H3,(H,17,19)(H,16,20,21). The van der Waals surface area contributed by atoms with Gasteiger partial charge in [0.15, 0.2) is 0 Å². The van der Waals surface area contributed by atoms with Crippen molar-refractivity contribution in [1.82, 2.24) is 15.6 Å². The molecular weight excluding hydrogens is 272 g/mol. The van der Waals surface area contributed by atoms with Gasteiger partial charge >= 0.3 is 0 Å². The van der Waals surface area contributed by atoms with E-state index < -0.39 is 0 Å². The second kappa shape index (κ2) is 6.47. The summed E-state index contributed by atoms with van der Waals surface area (Å²) >= 11 is 0. The van der Waals surface area contributed by atoms with Crippen molar-refractivity contribution in [1.29, 1.82) is 0 Å². The summed E-state index contributed by atoms with van der Waals surface area (Å²) in [7, 11) is 0. The summed E-state index contributed by atoms with van der Waals surface area (Å²) in [5.74, 6) is 4.20. The van der Waals surface area contributed by atoms with Crippen LogP contribution in [0.25, 0.3) is 0 Å². The molecule has 1 fully saturated rings. The number of carbonyl (C=O) groups is 3. The van der Waals surface area contributed by atoms with Crippen LogP contribution in [0.4, 0.5) is 0 Å². The maximum atomic E-state index is 11.7. The molecule has 0 saturated carbocycles. The number of nitrogens with two attached hydrogens (primary N) is 1. The predicted molar refractivity (Wildman–Crippen MR) is 75.5 cm³/mol. The number of hydrazine groups is 1. The average molecular weight is 290 g/mol. The third kappa shape index (κ3) is 3.65. The lowest BCUT2D eigenvalue weighted by atomic mass is 10.0. The minimum Gasteiger partial charge on any atom is -0.294 e. The van der Waals surface area contributed by atoms with E-state index >= 15 is 0 Å². The van der Waals surface area contributed by atoms with Gasteiger partial charge in [-0.15, -0.1) is 0 Å². The Hall–Kier alpha value is -2.25. The molecule has 0 aromatic heterocycles. The fourth-order valence-electron chi connectivity index (χ4n) is 2.29. The maximum Gasteiger partial charge on any atom is 0.243 e. The average Bonchev–Trinajstić information content (AvgIpc) is 2.46. The van der Waals surface area contributed by atoms with Crippen molar-refractivity contribution in [3.63, 3.8) is 0 Å². The van der Waals surface area contributed by atoms with Gasteiger partial charge in [-0.1, -0.05) is 24.3 Å². The zero-order chi connectivity index (χ0) is 15.4. The highest BCUT2D eigenvalue weighted by molar-refractivity contribution is 6.00. The largest absolute Gasteiger partial charge is 0.294 e. The number of nitrogens with one attached hydrogen (secondary N) is 2. The van der Waals surface area contributed by atoms with Crippen LogP contribution in [0.15, 0.2) is 24.3 Å². The van der Waals surface area contributed by atoms with Gasteiger partial charge in [-0.3, -0.25) is 30.0 Å². The molecule has 0 bridgehead atoms. The first-order valence-electron chi connectivity index (χ1n) is 6.65. The molecule has 4 N–H and O–H groups in total. The molecule has 1 saturated heterocycles. The summed E-state index contributed by atoms with van der Waals surface area (Å²) < 4.78 is 0. The molecule has 3 amide bonds. The molecule has 1 aromatic rings. The van der Waals surface area contributed by atoms with Gasteiger partial charge < -0.3 is 0 Å². The number of hydrogen-bond donors (Lipinski definition) is 3. The number of rotatable bonds is 4. The molecule has 0 spiro atoms. The number of carbonyl (C=O) groups excluding carboxylic acids is 3. The summed E-state index contributed by atoms with van der Waals surface area (Å²) in [4.78, 5) is 36.3. The molecule has 1 unspecified atom stereocenters. The predicted octanol–water partition coefficient (Wildman–Crippen LogP) is -0.934. The second-order valence-electron chi connectivity index (χ2n) is 5.01. The summed E-state index contributed by atoms with van der Waals surface area (Å²) in [6, 6.07) is 7.01. The van der Waals surface area contributed by atoms with E-state index in [-0.39, 0.29) is 36.7 Å². The Kier molecular flexibility index (Phi) is 4.66. The molecule has 1 atom stereocenters. The zero-order valence-corrected chi connectivity index (χ0v) is 11.8. The molecule has 1 aliphatic heterocycles. The van der Waals surface area contributed by atoms with Crippen molar-refractivity contribution in [2.45, 2.75) is 25.9 Å². The molecule has 21 heavy (non-hydrogen) atoms. The van der Waals surface area contributed by atoms with Crippen LogP contribution in [0.5, 0.6) is 0 Å². The van der Waals surface area contributed by atoms with E-state index in [9.17, 15) is 14.4 Å². The number of hydrogen-bond acceptors (Lipinski definition) is 5. The van der Waals surface area contributed by atoms with Crippen molar-refractivity contribution in [3.8, 4) is 0 Å².